The first-order chi connectivity index (χ1) is 12.6. The number of rotatable bonds is 7. The van der Waals surface area contributed by atoms with E-state index in [2.05, 4.69) is 28.2 Å². The largest absolute Gasteiger partial charge is 0.496 e. The van der Waals surface area contributed by atoms with Crippen LogP contribution in [0.15, 0.2) is 36.4 Å². The Morgan fingerprint density at radius 2 is 2.12 bits per heavy atom. The lowest BCUT2D eigenvalue weighted by Crippen LogP contribution is -2.33. The number of aromatic nitrogens is 2. The van der Waals surface area contributed by atoms with Gasteiger partial charge in [0.2, 0.25) is 0 Å². The number of aliphatic hydroxyl groups excluding tert-OH is 1. The van der Waals surface area contributed by atoms with Gasteiger partial charge in [-0.15, -0.1) is 0 Å². The molecule has 1 aromatic heterocycles. The zero-order valence-electron chi connectivity index (χ0n) is 15.8. The molecule has 1 atom stereocenters. The number of likely N-dealkylation sites (N-methyl/N-ethyl adjacent to an activating group) is 1. The van der Waals surface area contributed by atoms with Crippen molar-refractivity contribution in [2.24, 2.45) is 0 Å². The quantitative estimate of drug-likeness (QED) is 0.823. The van der Waals surface area contributed by atoms with E-state index in [4.69, 9.17) is 4.74 Å². The zero-order chi connectivity index (χ0) is 18.5. The highest BCUT2D eigenvalue weighted by molar-refractivity contribution is 5.57. The van der Waals surface area contributed by atoms with E-state index in [-0.39, 0.29) is 0 Å². The Hall–Kier alpha value is -2.15. The summed E-state index contributed by atoms with van der Waals surface area (Å²) in [7, 11) is 5.60. The van der Waals surface area contributed by atoms with Crippen molar-refractivity contribution in [3.8, 4) is 5.75 Å². The molecule has 0 bridgehead atoms. The second kappa shape index (κ2) is 8.49. The van der Waals surface area contributed by atoms with E-state index < -0.39 is 6.10 Å². The number of aliphatic hydroxyl groups is 1. The van der Waals surface area contributed by atoms with Gasteiger partial charge in [-0.1, -0.05) is 30.4 Å². The van der Waals surface area contributed by atoms with Crippen LogP contribution in [-0.4, -0.2) is 65.5 Å². The number of methoxy groups -OCH3 is 1. The molecule has 0 aliphatic carbocycles. The maximum atomic E-state index is 10.3. The minimum Gasteiger partial charge on any atom is -0.496 e. The molecule has 2 aromatic rings. The highest BCUT2D eigenvalue weighted by Crippen LogP contribution is 2.20. The third kappa shape index (κ3) is 4.52. The lowest BCUT2D eigenvalue weighted by Gasteiger charge is -2.26. The fourth-order valence-corrected chi connectivity index (χ4v) is 3.23. The third-order valence-corrected chi connectivity index (χ3v) is 4.58. The number of hydrogen-bond acceptors (Lipinski definition) is 5. The van der Waals surface area contributed by atoms with E-state index >= 15 is 0 Å². The van der Waals surface area contributed by atoms with Crippen LogP contribution in [0.2, 0.25) is 0 Å². The number of hydrogen-bond donors (Lipinski definition) is 1. The molecule has 3 rings (SSSR count). The van der Waals surface area contributed by atoms with Crippen LogP contribution in [-0.2, 0) is 13.1 Å². The van der Waals surface area contributed by atoms with E-state index in [9.17, 15) is 5.11 Å². The summed E-state index contributed by atoms with van der Waals surface area (Å²) in [6.07, 6.45) is 3.74. The molecule has 0 saturated heterocycles. The highest BCUT2D eigenvalue weighted by atomic mass is 16.5. The Morgan fingerprint density at radius 1 is 1.31 bits per heavy atom. The van der Waals surface area contributed by atoms with Crippen molar-refractivity contribution in [2.75, 3.05) is 40.8 Å². The monoisotopic (exact) mass is 356 g/mol. The first-order valence-electron chi connectivity index (χ1n) is 8.98. The molecule has 1 aliphatic rings. The molecule has 0 radical (unpaired) electrons. The Kier molecular flexibility index (Phi) is 6.08. The second-order valence-corrected chi connectivity index (χ2v) is 6.94. The summed E-state index contributed by atoms with van der Waals surface area (Å²) in [5.74, 6) is 0.889. The van der Waals surface area contributed by atoms with Crippen LogP contribution in [0.1, 0.15) is 23.1 Å². The van der Waals surface area contributed by atoms with Crippen LogP contribution in [0, 0.1) is 0 Å². The highest BCUT2D eigenvalue weighted by Gasteiger charge is 2.20. The molecular formula is C20H28N4O2. The topological polar surface area (TPSA) is 53.8 Å². The standard InChI is InChI=1S/C20H28N4O2/c1-22(2)15-19(25)18-13-17-14-23(11-12-24(17)21-18)10-6-8-16-7-4-5-9-20(16)26-3/h4-9,13,19,25H,10-12,14-15H2,1-3H3. The zero-order valence-corrected chi connectivity index (χ0v) is 15.8. The van der Waals surface area contributed by atoms with Gasteiger partial charge >= 0.3 is 0 Å². The van der Waals surface area contributed by atoms with E-state index in [1.807, 2.05) is 47.9 Å². The van der Waals surface area contributed by atoms with Gasteiger partial charge in [0.05, 0.1) is 25.0 Å². The third-order valence-electron chi connectivity index (χ3n) is 4.58. The molecule has 26 heavy (non-hydrogen) atoms. The summed E-state index contributed by atoms with van der Waals surface area (Å²) >= 11 is 0. The van der Waals surface area contributed by atoms with Crippen LogP contribution < -0.4 is 4.74 Å². The van der Waals surface area contributed by atoms with Gasteiger partial charge in [0, 0.05) is 31.7 Å². The van der Waals surface area contributed by atoms with Gasteiger partial charge in [0.15, 0.2) is 0 Å². The fraction of sp³-hybridized carbons (Fsp3) is 0.450. The Labute approximate surface area is 155 Å². The smallest absolute Gasteiger partial charge is 0.126 e. The van der Waals surface area contributed by atoms with E-state index in [0.29, 0.717) is 6.54 Å². The summed E-state index contributed by atoms with van der Waals surface area (Å²) in [6, 6.07) is 10.1. The van der Waals surface area contributed by atoms with Crippen molar-refractivity contribution >= 4 is 6.08 Å². The van der Waals surface area contributed by atoms with Crippen LogP contribution in [0.3, 0.4) is 0 Å². The number of para-hydroxylation sites is 1. The van der Waals surface area contributed by atoms with E-state index in [1.54, 1.807) is 7.11 Å². The molecule has 140 valence electrons. The predicted octanol–water partition coefficient (Wildman–Crippen LogP) is 2.02. The molecule has 1 aliphatic heterocycles. The number of ether oxygens (including phenoxy) is 1. The SMILES string of the molecule is COc1ccccc1C=CCN1CCn2nc(C(O)CN(C)C)cc2C1. The molecule has 0 amide bonds. The van der Waals surface area contributed by atoms with Gasteiger partial charge in [-0.2, -0.15) is 5.10 Å². The molecule has 0 saturated carbocycles. The van der Waals surface area contributed by atoms with Crippen LogP contribution in [0.25, 0.3) is 6.08 Å². The maximum Gasteiger partial charge on any atom is 0.126 e. The Balaban J connectivity index is 1.60. The van der Waals surface area contributed by atoms with Gasteiger partial charge in [0.1, 0.15) is 11.9 Å². The number of benzene rings is 1. The van der Waals surface area contributed by atoms with Gasteiger partial charge in [-0.05, 0) is 26.2 Å². The lowest BCUT2D eigenvalue weighted by atomic mass is 10.2. The fourth-order valence-electron chi connectivity index (χ4n) is 3.23. The Morgan fingerprint density at radius 3 is 2.88 bits per heavy atom. The Bertz CT molecular complexity index is 754. The average molecular weight is 356 g/mol. The van der Waals surface area contributed by atoms with Crippen molar-refractivity contribution in [1.82, 2.24) is 19.6 Å². The molecule has 1 N–H and O–H groups in total. The molecule has 0 fully saturated rings. The van der Waals surface area contributed by atoms with Gasteiger partial charge < -0.3 is 14.7 Å². The minimum atomic E-state index is -0.540. The molecule has 1 unspecified atom stereocenters. The molecule has 2 heterocycles. The van der Waals surface area contributed by atoms with Crippen molar-refractivity contribution in [3.63, 3.8) is 0 Å². The summed E-state index contributed by atoms with van der Waals surface area (Å²) in [6.45, 7) is 4.11. The molecule has 6 heteroatoms. The molecule has 6 nitrogen and oxygen atoms in total. The van der Waals surface area contributed by atoms with Crippen LogP contribution in [0.5, 0.6) is 5.75 Å². The van der Waals surface area contributed by atoms with Gasteiger partial charge in [0.25, 0.3) is 0 Å². The normalized spacial score (nSPS) is 16.2. The summed E-state index contributed by atoms with van der Waals surface area (Å²) in [5.41, 5.74) is 3.01. The van der Waals surface area contributed by atoms with Crippen molar-refractivity contribution in [2.45, 2.75) is 19.2 Å². The number of fused-ring (bicyclic) bond motifs is 1. The van der Waals surface area contributed by atoms with Gasteiger partial charge in [-0.3, -0.25) is 9.58 Å². The van der Waals surface area contributed by atoms with Crippen LogP contribution >= 0.6 is 0 Å². The van der Waals surface area contributed by atoms with E-state index in [0.717, 1.165) is 48.9 Å². The summed E-state index contributed by atoms with van der Waals surface area (Å²) in [4.78, 5) is 4.35. The maximum absolute atomic E-state index is 10.3. The molecule has 0 spiro atoms. The van der Waals surface area contributed by atoms with Crippen molar-refractivity contribution in [1.29, 1.82) is 0 Å². The first-order valence-corrected chi connectivity index (χ1v) is 8.98. The van der Waals surface area contributed by atoms with Gasteiger partial charge in [-0.25, -0.2) is 0 Å². The second-order valence-electron chi connectivity index (χ2n) is 6.94. The van der Waals surface area contributed by atoms with Crippen molar-refractivity contribution < 1.29 is 9.84 Å². The average Bonchev–Trinajstić information content (AvgIpc) is 3.05. The molecular weight excluding hydrogens is 328 g/mol. The van der Waals surface area contributed by atoms with E-state index in [1.165, 1.54) is 0 Å². The first kappa shape index (κ1) is 18.6. The summed E-state index contributed by atoms with van der Waals surface area (Å²) in [5, 5.41) is 14.8. The minimum absolute atomic E-state index is 0.540. The van der Waals surface area contributed by atoms with Crippen LogP contribution in [0.4, 0.5) is 0 Å². The summed E-state index contributed by atoms with van der Waals surface area (Å²) < 4.78 is 7.41. The molecule has 1 aromatic carbocycles. The lowest BCUT2D eigenvalue weighted by molar-refractivity contribution is 0.133. The predicted molar refractivity (Wildman–Crippen MR) is 103 cm³/mol. The number of nitrogens with zero attached hydrogens (tertiary/aromatic N) is 4. The van der Waals surface area contributed by atoms with Crippen molar-refractivity contribution in [3.05, 3.63) is 53.4 Å².